The standard InChI is InChI=1S/C16H20ClNO2/c1-10-5-4-6-12-14(20-3)7-13-16(15(10)12)11(8-17)9-18(13,2)19/h4,6-7,10-11H,5,8-9H2,1-3H3/t10?,11-,18?/m1/s1. The number of hydroxylamine groups is 2. The lowest BCUT2D eigenvalue weighted by molar-refractivity contribution is 0.409. The molecule has 0 saturated heterocycles. The normalized spacial score (nSPS) is 31.1. The second kappa shape index (κ2) is 4.76. The summed E-state index contributed by atoms with van der Waals surface area (Å²) >= 11 is 6.13. The Morgan fingerprint density at radius 2 is 2.20 bits per heavy atom. The molecule has 0 aromatic heterocycles. The quantitative estimate of drug-likeness (QED) is 0.469. The molecule has 1 aliphatic heterocycles. The van der Waals surface area contributed by atoms with E-state index < -0.39 is 0 Å². The average Bonchev–Trinajstić information content (AvgIpc) is 2.69. The van der Waals surface area contributed by atoms with Gasteiger partial charge in [0.1, 0.15) is 11.4 Å². The number of rotatable bonds is 2. The first-order chi connectivity index (χ1) is 9.49. The molecular formula is C16H20ClNO2. The van der Waals surface area contributed by atoms with Gasteiger partial charge < -0.3 is 14.6 Å². The van der Waals surface area contributed by atoms with E-state index in [4.69, 9.17) is 16.3 Å². The van der Waals surface area contributed by atoms with Gasteiger partial charge in [-0.15, -0.1) is 11.6 Å². The lowest BCUT2D eigenvalue weighted by Crippen LogP contribution is -2.36. The number of halogens is 1. The van der Waals surface area contributed by atoms with Crippen molar-refractivity contribution in [3.8, 4) is 5.75 Å². The van der Waals surface area contributed by atoms with Gasteiger partial charge in [0.2, 0.25) is 0 Å². The molecule has 1 heterocycles. The maximum Gasteiger partial charge on any atom is 0.140 e. The second-order valence-corrected chi connectivity index (χ2v) is 6.32. The Morgan fingerprint density at radius 1 is 1.45 bits per heavy atom. The van der Waals surface area contributed by atoms with Gasteiger partial charge in [-0.05, 0) is 17.9 Å². The third-order valence-corrected chi connectivity index (χ3v) is 4.92. The number of benzene rings is 1. The average molecular weight is 294 g/mol. The minimum atomic E-state index is -0.354. The lowest BCUT2D eigenvalue weighted by atomic mass is 9.81. The molecule has 4 heteroatoms. The number of fused-ring (bicyclic) bond motifs is 3. The van der Waals surface area contributed by atoms with Gasteiger partial charge in [-0.1, -0.05) is 19.1 Å². The zero-order valence-corrected chi connectivity index (χ0v) is 12.9. The Hall–Kier alpha value is -1.03. The summed E-state index contributed by atoms with van der Waals surface area (Å²) in [6.07, 6.45) is 5.30. The van der Waals surface area contributed by atoms with Crippen LogP contribution in [0.15, 0.2) is 12.1 Å². The molecule has 0 saturated carbocycles. The Morgan fingerprint density at radius 3 is 2.85 bits per heavy atom. The predicted octanol–water partition coefficient (Wildman–Crippen LogP) is 3.99. The number of quaternary nitrogens is 1. The summed E-state index contributed by atoms with van der Waals surface area (Å²) in [4.78, 5) is 0. The van der Waals surface area contributed by atoms with Crippen molar-refractivity contribution in [3.05, 3.63) is 34.0 Å². The Labute approximate surface area is 125 Å². The zero-order valence-electron chi connectivity index (χ0n) is 12.1. The van der Waals surface area contributed by atoms with Crippen LogP contribution >= 0.6 is 11.6 Å². The Balaban J connectivity index is 2.33. The maximum absolute atomic E-state index is 12.8. The molecule has 3 atom stereocenters. The van der Waals surface area contributed by atoms with Crippen LogP contribution in [0.1, 0.15) is 41.9 Å². The van der Waals surface area contributed by atoms with Crippen LogP contribution in [-0.4, -0.2) is 26.6 Å². The van der Waals surface area contributed by atoms with Crippen LogP contribution in [0, 0.1) is 5.21 Å². The fourth-order valence-corrected chi connectivity index (χ4v) is 3.88. The van der Waals surface area contributed by atoms with Crippen LogP contribution in [0.5, 0.6) is 5.75 Å². The number of hydrogen-bond acceptors (Lipinski definition) is 2. The minimum Gasteiger partial charge on any atom is -0.628 e. The molecular weight excluding hydrogens is 274 g/mol. The SMILES string of the molecule is COc1cc2c(c3c1C=CCC3C)[C@H](CCl)C[N+]2(C)[O-]. The molecule has 1 aliphatic carbocycles. The van der Waals surface area contributed by atoms with Crippen LogP contribution in [0.4, 0.5) is 5.69 Å². The van der Waals surface area contributed by atoms with E-state index in [1.54, 1.807) is 14.2 Å². The van der Waals surface area contributed by atoms with Crippen molar-refractivity contribution < 1.29 is 4.74 Å². The van der Waals surface area contributed by atoms with Crippen LogP contribution in [0.2, 0.25) is 0 Å². The number of methoxy groups -OCH3 is 1. The first-order valence-electron chi connectivity index (χ1n) is 7.04. The van der Waals surface area contributed by atoms with Gasteiger partial charge in [-0.2, -0.15) is 0 Å². The van der Waals surface area contributed by atoms with Gasteiger partial charge in [0.15, 0.2) is 0 Å². The molecule has 0 fully saturated rings. The molecule has 0 amide bonds. The van der Waals surface area contributed by atoms with Crippen LogP contribution in [0.3, 0.4) is 0 Å². The van der Waals surface area contributed by atoms with Crippen molar-refractivity contribution in [1.82, 2.24) is 4.65 Å². The van der Waals surface area contributed by atoms with Gasteiger partial charge in [-0.25, -0.2) is 0 Å². The molecule has 2 aliphatic rings. The van der Waals surface area contributed by atoms with E-state index in [2.05, 4.69) is 19.1 Å². The van der Waals surface area contributed by atoms with E-state index in [-0.39, 0.29) is 10.6 Å². The van der Waals surface area contributed by atoms with E-state index >= 15 is 0 Å². The van der Waals surface area contributed by atoms with Crippen LogP contribution in [0.25, 0.3) is 6.08 Å². The largest absolute Gasteiger partial charge is 0.628 e. The zero-order chi connectivity index (χ0) is 14.5. The van der Waals surface area contributed by atoms with Crippen molar-refractivity contribution in [1.29, 1.82) is 0 Å². The minimum absolute atomic E-state index is 0.141. The van der Waals surface area contributed by atoms with Crippen molar-refractivity contribution >= 4 is 23.4 Å². The Kier molecular flexibility index (Phi) is 3.32. The van der Waals surface area contributed by atoms with Crippen molar-refractivity contribution in [3.63, 3.8) is 0 Å². The summed E-state index contributed by atoms with van der Waals surface area (Å²) in [5.74, 6) is 1.85. The Bertz CT molecular complexity index is 580. The lowest BCUT2D eigenvalue weighted by Gasteiger charge is -2.35. The topological polar surface area (TPSA) is 32.3 Å². The molecule has 0 spiro atoms. The monoisotopic (exact) mass is 293 g/mol. The highest BCUT2D eigenvalue weighted by Crippen LogP contribution is 2.50. The number of nitrogens with zero attached hydrogens (tertiary/aromatic N) is 1. The first kappa shape index (κ1) is 13.9. The fraction of sp³-hybridized carbons (Fsp3) is 0.500. The van der Waals surface area contributed by atoms with E-state index in [0.29, 0.717) is 18.3 Å². The number of likely N-dealkylation sites (N-methyl/N-ethyl adjacent to an activating group) is 1. The number of allylic oxidation sites excluding steroid dienone is 1. The van der Waals surface area contributed by atoms with Crippen LogP contribution in [-0.2, 0) is 0 Å². The summed E-state index contributed by atoms with van der Waals surface area (Å²) in [7, 11) is 3.37. The van der Waals surface area contributed by atoms with E-state index in [9.17, 15) is 5.21 Å². The predicted molar refractivity (Wildman–Crippen MR) is 84.5 cm³/mol. The summed E-state index contributed by atoms with van der Waals surface area (Å²) in [6.45, 7) is 2.73. The third-order valence-electron chi connectivity index (χ3n) is 4.55. The summed E-state index contributed by atoms with van der Waals surface area (Å²) in [5.41, 5.74) is 4.39. The summed E-state index contributed by atoms with van der Waals surface area (Å²) in [5, 5.41) is 12.8. The number of ether oxygens (including phenoxy) is 1. The van der Waals surface area contributed by atoms with Gasteiger partial charge in [-0.3, -0.25) is 0 Å². The molecule has 2 unspecified atom stereocenters. The number of hydrogen-bond donors (Lipinski definition) is 0. The van der Waals surface area contributed by atoms with E-state index in [0.717, 1.165) is 23.4 Å². The summed E-state index contributed by atoms with van der Waals surface area (Å²) < 4.78 is 5.16. The smallest absolute Gasteiger partial charge is 0.140 e. The highest BCUT2D eigenvalue weighted by Gasteiger charge is 2.40. The van der Waals surface area contributed by atoms with Crippen LogP contribution < -0.4 is 9.38 Å². The van der Waals surface area contributed by atoms with Crippen molar-refractivity contribution in [2.45, 2.75) is 25.2 Å². The maximum atomic E-state index is 12.8. The molecule has 108 valence electrons. The first-order valence-corrected chi connectivity index (χ1v) is 7.57. The van der Waals surface area contributed by atoms with Crippen molar-refractivity contribution in [2.24, 2.45) is 0 Å². The molecule has 20 heavy (non-hydrogen) atoms. The highest BCUT2D eigenvalue weighted by atomic mass is 35.5. The van der Waals surface area contributed by atoms with Crippen molar-refractivity contribution in [2.75, 3.05) is 26.6 Å². The molecule has 3 nitrogen and oxygen atoms in total. The fourth-order valence-electron chi connectivity index (χ4n) is 3.63. The molecule has 1 aromatic carbocycles. The second-order valence-electron chi connectivity index (χ2n) is 6.01. The van der Waals surface area contributed by atoms with E-state index in [1.165, 1.54) is 11.1 Å². The van der Waals surface area contributed by atoms with Gasteiger partial charge in [0.25, 0.3) is 0 Å². The van der Waals surface area contributed by atoms with E-state index in [1.807, 2.05) is 6.07 Å². The van der Waals surface area contributed by atoms with Gasteiger partial charge in [0, 0.05) is 23.1 Å². The molecule has 0 bridgehead atoms. The molecule has 3 rings (SSSR count). The molecule has 0 N–H and O–H groups in total. The molecule has 0 radical (unpaired) electrons. The third kappa shape index (κ3) is 1.88. The number of alkyl halides is 1. The highest BCUT2D eigenvalue weighted by molar-refractivity contribution is 6.18. The van der Waals surface area contributed by atoms with Gasteiger partial charge in [0.05, 0.1) is 26.6 Å². The van der Waals surface area contributed by atoms with Gasteiger partial charge >= 0.3 is 0 Å². The molecule has 1 aromatic rings. The summed E-state index contributed by atoms with van der Waals surface area (Å²) in [6, 6.07) is 1.91.